The first-order valence-electron chi connectivity index (χ1n) is 8.10. The Bertz CT molecular complexity index is 576. The molecule has 2 heterocycles. The lowest BCUT2D eigenvalue weighted by Crippen LogP contribution is -2.36. The van der Waals surface area contributed by atoms with Gasteiger partial charge in [-0.15, -0.1) is 12.6 Å². The number of fused-ring (bicyclic) bond motifs is 1. The van der Waals surface area contributed by atoms with Crippen molar-refractivity contribution in [1.29, 1.82) is 0 Å². The summed E-state index contributed by atoms with van der Waals surface area (Å²) in [5, 5.41) is 6.45. The number of thiol groups is 1. The highest BCUT2D eigenvalue weighted by atomic mass is 32.2. The zero-order valence-electron chi connectivity index (χ0n) is 13.0. The van der Waals surface area contributed by atoms with E-state index in [2.05, 4.69) is 23.3 Å². The molecule has 0 aromatic heterocycles. The van der Waals surface area contributed by atoms with Gasteiger partial charge in [0.1, 0.15) is 5.78 Å². The molecule has 3 atom stereocenters. The highest BCUT2D eigenvalue weighted by Crippen LogP contribution is 2.33. The predicted octanol–water partition coefficient (Wildman–Crippen LogP) is 2.81. The van der Waals surface area contributed by atoms with Crippen LogP contribution in [0.5, 0.6) is 0 Å². The Labute approximate surface area is 146 Å². The molecule has 1 aromatic rings. The summed E-state index contributed by atoms with van der Waals surface area (Å²) >= 11 is 6.18. The standard InChI is InChI=1S/C17H22N2O2S2/c20-12(9-11-5-7-13(22)8-6-11)3-1-2-4-15-16-14(10-23-15)18-17(21)19-16/h5-8,14-16,22H,1-4,9-10H2,(H2,18,19,21). The Balaban J connectivity index is 1.34. The molecule has 2 saturated heterocycles. The average molecular weight is 351 g/mol. The van der Waals surface area contributed by atoms with Crippen LogP contribution in [0.2, 0.25) is 0 Å². The van der Waals surface area contributed by atoms with Crippen LogP contribution in [0.4, 0.5) is 4.79 Å². The molecule has 2 N–H and O–H groups in total. The number of benzene rings is 1. The number of ketones is 1. The van der Waals surface area contributed by atoms with Gasteiger partial charge < -0.3 is 10.6 Å². The number of urea groups is 1. The maximum absolute atomic E-state index is 12.0. The van der Waals surface area contributed by atoms with Crippen LogP contribution >= 0.6 is 24.4 Å². The van der Waals surface area contributed by atoms with E-state index in [1.807, 2.05) is 36.0 Å². The molecule has 4 nitrogen and oxygen atoms in total. The van der Waals surface area contributed by atoms with E-state index in [1.165, 1.54) is 0 Å². The van der Waals surface area contributed by atoms with Gasteiger partial charge in [0.15, 0.2) is 0 Å². The zero-order valence-corrected chi connectivity index (χ0v) is 14.7. The van der Waals surface area contributed by atoms with E-state index in [9.17, 15) is 9.59 Å². The minimum Gasteiger partial charge on any atom is -0.332 e. The molecule has 2 aliphatic heterocycles. The van der Waals surface area contributed by atoms with Crippen molar-refractivity contribution >= 4 is 36.2 Å². The Morgan fingerprint density at radius 3 is 2.78 bits per heavy atom. The number of carbonyl (C=O) groups is 2. The minimum atomic E-state index is -0.0345. The van der Waals surface area contributed by atoms with E-state index in [0.29, 0.717) is 23.9 Å². The van der Waals surface area contributed by atoms with Crippen LogP contribution in [0.25, 0.3) is 0 Å². The van der Waals surface area contributed by atoms with Crippen molar-refractivity contribution in [3.8, 4) is 0 Å². The highest BCUT2D eigenvalue weighted by Gasteiger charge is 2.42. The largest absolute Gasteiger partial charge is 0.332 e. The summed E-state index contributed by atoms with van der Waals surface area (Å²) in [5.74, 6) is 1.29. The molecule has 6 heteroatoms. The van der Waals surface area contributed by atoms with Gasteiger partial charge in [0.25, 0.3) is 0 Å². The molecular weight excluding hydrogens is 328 g/mol. The van der Waals surface area contributed by atoms with Gasteiger partial charge in [0, 0.05) is 28.7 Å². The molecular formula is C17H22N2O2S2. The number of hydrogen-bond donors (Lipinski definition) is 3. The minimum absolute atomic E-state index is 0.0345. The molecule has 3 rings (SSSR count). The first-order chi connectivity index (χ1) is 11.1. The van der Waals surface area contributed by atoms with Gasteiger partial charge in [-0.2, -0.15) is 11.8 Å². The summed E-state index contributed by atoms with van der Waals surface area (Å²) in [4.78, 5) is 24.3. The van der Waals surface area contributed by atoms with E-state index >= 15 is 0 Å². The van der Waals surface area contributed by atoms with Crippen molar-refractivity contribution in [2.45, 2.75) is 54.3 Å². The van der Waals surface area contributed by atoms with Crippen LogP contribution in [0.3, 0.4) is 0 Å². The van der Waals surface area contributed by atoms with Crippen molar-refractivity contribution in [2.24, 2.45) is 0 Å². The smallest absolute Gasteiger partial charge is 0.315 e. The van der Waals surface area contributed by atoms with Gasteiger partial charge in [-0.1, -0.05) is 18.6 Å². The number of carbonyl (C=O) groups excluding carboxylic acids is 2. The molecule has 0 spiro atoms. The maximum atomic E-state index is 12.0. The number of unbranched alkanes of at least 4 members (excludes halogenated alkanes) is 1. The third-order valence-corrected chi connectivity index (χ3v) is 6.28. The Hall–Kier alpha value is -1.14. The fraction of sp³-hybridized carbons (Fsp3) is 0.529. The number of amides is 2. The lowest BCUT2D eigenvalue weighted by Gasteiger charge is -2.16. The van der Waals surface area contributed by atoms with Gasteiger partial charge in [-0.25, -0.2) is 4.79 Å². The van der Waals surface area contributed by atoms with E-state index in [4.69, 9.17) is 0 Å². The molecule has 0 aliphatic carbocycles. The summed E-state index contributed by atoms with van der Waals surface area (Å²) in [6.45, 7) is 0. The third kappa shape index (κ3) is 4.44. The topological polar surface area (TPSA) is 58.2 Å². The van der Waals surface area contributed by atoms with E-state index in [-0.39, 0.29) is 18.1 Å². The van der Waals surface area contributed by atoms with Gasteiger partial charge in [-0.3, -0.25) is 4.79 Å². The number of hydrogen-bond acceptors (Lipinski definition) is 4. The van der Waals surface area contributed by atoms with Crippen LogP contribution in [0, 0.1) is 0 Å². The molecule has 2 amide bonds. The SMILES string of the molecule is O=C(CCCCC1SCC2NC(=O)NC21)Cc1ccc(S)cc1. The molecule has 0 radical (unpaired) electrons. The first-order valence-corrected chi connectivity index (χ1v) is 9.59. The quantitative estimate of drug-likeness (QED) is 0.403. The second-order valence-electron chi connectivity index (χ2n) is 6.25. The van der Waals surface area contributed by atoms with E-state index < -0.39 is 0 Å². The number of rotatable bonds is 7. The van der Waals surface area contributed by atoms with Crippen molar-refractivity contribution in [2.75, 3.05) is 5.75 Å². The van der Waals surface area contributed by atoms with Gasteiger partial charge in [0.2, 0.25) is 0 Å². The van der Waals surface area contributed by atoms with Crippen LogP contribution in [0.15, 0.2) is 29.2 Å². The Morgan fingerprint density at radius 2 is 2.00 bits per heavy atom. The Kier molecular flexibility index (Phi) is 5.54. The van der Waals surface area contributed by atoms with Crippen molar-refractivity contribution < 1.29 is 9.59 Å². The van der Waals surface area contributed by atoms with Crippen LogP contribution in [0.1, 0.15) is 31.2 Å². The van der Waals surface area contributed by atoms with Gasteiger partial charge in [-0.05, 0) is 30.5 Å². The summed E-state index contributed by atoms with van der Waals surface area (Å²) < 4.78 is 0. The van der Waals surface area contributed by atoms with E-state index in [0.717, 1.165) is 35.5 Å². The van der Waals surface area contributed by atoms with Crippen molar-refractivity contribution in [3.63, 3.8) is 0 Å². The Morgan fingerprint density at radius 1 is 1.22 bits per heavy atom. The normalized spacial score (nSPS) is 25.8. The summed E-state index contributed by atoms with van der Waals surface area (Å²) in [6.07, 6.45) is 4.18. The monoisotopic (exact) mass is 350 g/mol. The maximum Gasteiger partial charge on any atom is 0.315 e. The van der Waals surface area contributed by atoms with Crippen molar-refractivity contribution in [1.82, 2.24) is 10.6 Å². The first kappa shape index (κ1) is 16.7. The summed E-state index contributed by atoms with van der Waals surface area (Å²) in [7, 11) is 0. The molecule has 124 valence electrons. The van der Waals surface area contributed by atoms with Crippen LogP contribution < -0.4 is 10.6 Å². The third-order valence-electron chi connectivity index (χ3n) is 4.47. The van der Waals surface area contributed by atoms with E-state index in [1.54, 1.807) is 0 Å². The van der Waals surface area contributed by atoms with Crippen LogP contribution in [-0.4, -0.2) is 34.9 Å². The molecule has 3 unspecified atom stereocenters. The van der Waals surface area contributed by atoms with Crippen molar-refractivity contribution in [3.05, 3.63) is 29.8 Å². The fourth-order valence-corrected chi connectivity index (χ4v) is 4.93. The second-order valence-corrected chi connectivity index (χ2v) is 8.04. The van der Waals surface area contributed by atoms with Gasteiger partial charge >= 0.3 is 6.03 Å². The molecule has 2 fully saturated rings. The molecule has 1 aromatic carbocycles. The van der Waals surface area contributed by atoms with Crippen LogP contribution in [-0.2, 0) is 11.2 Å². The second kappa shape index (κ2) is 7.62. The number of nitrogens with one attached hydrogen (secondary N) is 2. The zero-order chi connectivity index (χ0) is 16.2. The predicted molar refractivity (Wildman–Crippen MR) is 96.4 cm³/mol. The highest BCUT2D eigenvalue weighted by molar-refractivity contribution is 8.00. The average Bonchev–Trinajstić information content (AvgIpc) is 3.06. The number of thioether (sulfide) groups is 1. The molecule has 0 bridgehead atoms. The fourth-order valence-electron chi connectivity index (χ4n) is 3.24. The summed E-state index contributed by atoms with van der Waals surface area (Å²) in [6, 6.07) is 8.29. The molecule has 2 aliphatic rings. The lowest BCUT2D eigenvalue weighted by molar-refractivity contribution is -0.118. The number of Topliss-reactive ketones (excluding diaryl/α,β-unsaturated/α-hetero) is 1. The molecule has 0 saturated carbocycles. The van der Waals surface area contributed by atoms with Gasteiger partial charge in [0.05, 0.1) is 12.1 Å². The molecule has 23 heavy (non-hydrogen) atoms. The lowest BCUT2D eigenvalue weighted by atomic mass is 10.0. The summed E-state index contributed by atoms with van der Waals surface area (Å²) in [5.41, 5.74) is 1.06.